The quantitative estimate of drug-likeness (QED) is 0.152. The third kappa shape index (κ3) is 6.21. The molecule has 0 bridgehead atoms. The number of nitrogens with zero attached hydrogens (tertiary/aromatic N) is 3. The van der Waals surface area contributed by atoms with Crippen LogP contribution in [0.2, 0.25) is 0 Å². The van der Waals surface area contributed by atoms with Crippen molar-refractivity contribution >= 4 is 65.4 Å². The van der Waals surface area contributed by atoms with E-state index in [0.717, 1.165) is 17.1 Å². The predicted octanol–water partition coefficient (Wildman–Crippen LogP) is 17.6. The van der Waals surface area contributed by atoms with E-state index in [9.17, 15) is 0 Å². The highest BCUT2D eigenvalue weighted by Gasteiger charge is 2.22. The van der Waals surface area contributed by atoms with Crippen LogP contribution in [0.25, 0.3) is 127 Å². The van der Waals surface area contributed by atoms with Crippen LogP contribution in [0.4, 0.5) is 0 Å². The Balaban J connectivity index is 0.955. The lowest BCUT2D eigenvalue weighted by Gasteiger charge is -2.12. The Kier molecular flexibility index (Phi) is 8.90. The molecule has 0 unspecified atom stereocenters. The molecule has 0 aliphatic carbocycles. The van der Waals surface area contributed by atoms with Gasteiger partial charge in [0, 0.05) is 49.4 Å². The standard InChI is InChI=1S/C66H43N3/c1-4-16-44(17-5-1)46-30-32-48(33-31-46)49-36-40-61-57(42-49)58-43-52(39-41-62(58)67(61)50-20-8-3-9-21-50)69-60-27-13-11-23-56(60)66-54(25-15-29-64(66)69)53-24-14-28-63-65(53)55-22-10-12-26-59(55)68(63)51-37-34-47(35-38-51)45-18-6-2-7-19-45/h1-43H. The first kappa shape index (κ1) is 39.0. The highest BCUT2D eigenvalue weighted by molar-refractivity contribution is 6.22. The van der Waals surface area contributed by atoms with Gasteiger partial charge >= 0.3 is 0 Å². The van der Waals surface area contributed by atoms with Crippen molar-refractivity contribution in [1.82, 2.24) is 13.7 Å². The third-order valence-electron chi connectivity index (χ3n) is 14.3. The average molecular weight is 878 g/mol. The number of hydrogen-bond acceptors (Lipinski definition) is 0. The molecule has 14 rings (SSSR count). The van der Waals surface area contributed by atoms with Gasteiger partial charge in [-0.3, -0.25) is 0 Å². The van der Waals surface area contributed by atoms with Crippen LogP contribution in [-0.4, -0.2) is 13.7 Å². The van der Waals surface area contributed by atoms with E-state index < -0.39 is 0 Å². The number of hydrogen-bond donors (Lipinski definition) is 0. The minimum absolute atomic E-state index is 1.13. The van der Waals surface area contributed by atoms with Crippen molar-refractivity contribution in [2.45, 2.75) is 0 Å². The molecule has 0 saturated heterocycles. The van der Waals surface area contributed by atoms with Crippen LogP contribution < -0.4 is 0 Å². The van der Waals surface area contributed by atoms with Gasteiger partial charge in [0.25, 0.3) is 0 Å². The Morgan fingerprint density at radius 2 is 0.536 bits per heavy atom. The minimum Gasteiger partial charge on any atom is -0.309 e. The second-order valence-electron chi connectivity index (χ2n) is 18.1. The van der Waals surface area contributed by atoms with Crippen molar-refractivity contribution in [1.29, 1.82) is 0 Å². The summed E-state index contributed by atoms with van der Waals surface area (Å²) in [7, 11) is 0. The summed E-state index contributed by atoms with van der Waals surface area (Å²) in [5.41, 5.74) is 20.2. The first-order valence-corrected chi connectivity index (χ1v) is 23.8. The summed E-state index contributed by atoms with van der Waals surface area (Å²) in [6.07, 6.45) is 0. The lowest BCUT2D eigenvalue weighted by atomic mass is 9.95. The summed E-state index contributed by atoms with van der Waals surface area (Å²) >= 11 is 0. The zero-order valence-electron chi connectivity index (χ0n) is 37.7. The average Bonchev–Trinajstić information content (AvgIpc) is 4.07. The Hall–Kier alpha value is -9.18. The molecule has 0 fully saturated rings. The second-order valence-corrected chi connectivity index (χ2v) is 18.1. The van der Waals surface area contributed by atoms with Crippen molar-refractivity contribution in [3.63, 3.8) is 0 Å². The van der Waals surface area contributed by atoms with Gasteiger partial charge in [0.15, 0.2) is 0 Å². The summed E-state index contributed by atoms with van der Waals surface area (Å²) in [5, 5.41) is 7.41. The van der Waals surface area contributed by atoms with Crippen LogP contribution in [0.1, 0.15) is 0 Å². The van der Waals surface area contributed by atoms with Gasteiger partial charge in [0.1, 0.15) is 0 Å². The lowest BCUT2D eigenvalue weighted by Crippen LogP contribution is -1.95. The van der Waals surface area contributed by atoms with Crippen LogP contribution >= 0.6 is 0 Å². The van der Waals surface area contributed by atoms with Crippen LogP contribution in [0, 0.1) is 0 Å². The van der Waals surface area contributed by atoms with E-state index >= 15 is 0 Å². The van der Waals surface area contributed by atoms with Crippen LogP contribution in [-0.2, 0) is 0 Å². The van der Waals surface area contributed by atoms with E-state index in [2.05, 4.69) is 275 Å². The molecule has 3 aromatic heterocycles. The van der Waals surface area contributed by atoms with E-state index in [1.807, 2.05) is 0 Å². The van der Waals surface area contributed by atoms with Crippen molar-refractivity contribution in [3.8, 4) is 61.6 Å². The van der Waals surface area contributed by atoms with Gasteiger partial charge in [-0.25, -0.2) is 0 Å². The van der Waals surface area contributed by atoms with E-state index in [1.165, 1.54) is 110 Å². The van der Waals surface area contributed by atoms with Crippen molar-refractivity contribution in [2.75, 3.05) is 0 Å². The van der Waals surface area contributed by atoms with Gasteiger partial charge in [-0.15, -0.1) is 0 Å². The summed E-state index contributed by atoms with van der Waals surface area (Å²) in [6.45, 7) is 0. The molecule has 0 amide bonds. The van der Waals surface area contributed by atoms with Crippen LogP contribution in [0.15, 0.2) is 261 Å². The molecular formula is C66H43N3. The normalized spacial score (nSPS) is 11.8. The fraction of sp³-hybridized carbons (Fsp3) is 0. The molecule has 0 spiro atoms. The van der Waals surface area contributed by atoms with Gasteiger partial charge in [0.05, 0.1) is 33.1 Å². The zero-order valence-corrected chi connectivity index (χ0v) is 37.7. The fourth-order valence-electron chi connectivity index (χ4n) is 11.1. The molecule has 0 N–H and O–H groups in total. The molecule has 3 heterocycles. The predicted molar refractivity (Wildman–Crippen MR) is 291 cm³/mol. The van der Waals surface area contributed by atoms with E-state index in [-0.39, 0.29) is 0 Å². The Morgan fingerprint density at radius 1 is 0.188 bits per heavy atom. The highest BCUT2D eigenvalue weighted by atomic mass is 15.0. The van der Waals surface area contributed by atoms with Gasteiger partial charge in [-0.05, 0) is 123 Å². The van der Waals surface area contributed by atoms with Gasteiger partial charge in [-0.1, -0.05) is 182 Å². The maximum atomic E-state index is 2.48. The fourth-order valence-corrected chi connectivity index (χ4v) is 11.1. The number of benzene rings is 11. The SMILES string of the molecule is c1ccc(-c2ccc(-c3ccc4c(c3)c3cc(-n5c6ccccc6c6c(-c7cccc8c7c7ccccc7n8-c7ccc(-c8ccccc8)cc7)cccc65)ccc3n4-c3ccccc3)cc2)cc1. The summed E-state index contributed by atoms with van der Waals surface area (Å²) in [6, 6.07) is 95.4. The molecule has 3 heteroatoms. The van der Waals surface area contributed by atoms with E-state index in [4.69, 9.17) is 0 Å². The van der Waals surface area contributed by atoms with E-state index in [1.54, 1.807) is 0 Å². The highest BCUT2D eigenvalue weighted by Crippen LogP contribution is 2.45. The number of para-hydroxylation sites is 3. The molecule has 11 aromatic carbocycles. The third-order valence-corrected chi connectivity index (χ3v) is 14.3. The molecule has 0 atom stereocenters. The van der Waals surface area contributed by atoms with E-state index in [0.29, 0.717) is 0 Å². The Labute approximate surface area is 399 Å². The number of fused-ring (bicyclic) bond motifs is 9. The molecule has 3 nitrogen and oxygen atoms in total. The molecule has 14 aromatic rings. The second kappa shape index (κ2) is 15.7. The van der Waals surface area contributed by atoms with Crippen LogP contribution in [0.5, 0.6) is 0 Å². The minimum atomic E-state index is 1.13. The van der Waals surface area contributed by atoms with Gasteiger partial charge < -0.3 is 13.7 Å². The van der Waals surface area contributed by atoms with Gasteiger partial charge in [-0.2, -0.15) is 0 Å². The molecule has 0 radical (unpaired) electrons. The zero-order chi connectivity index (χ0) is 45.4. The molecular weight excluding hydrogens is 835 g/mol. The maximum Gasteiger partial charge on any atom is 0.0547 e. The molecule has 322 valence electrons. The maximum absolute atomic E-state index is 2.48. The summed E-state index contributed by atoms with van der Waals surface area (Å²) in [5.74, 6) is 0. The van der Waals surface area contributed by atoms with Gasteiger partial charge in [0.2, 0.25) is 0 Å². The monoisotopic (exact) mass is 877 g/mol. The van der Waals surface area contributed by atoms with Crippen molar-refractivity contribution in [3.05, 3.63) is 261 Å². The first-order chi connectivity index (χ1) is 34.2. The number of aromatic nitrogens is 3. The smallest absolute Gasteiger partial charge is 0.0547 e. The molecule has 0 aliphatic rings. The Bertz CT molecular complexity index is 4250. The van der Waals surface area contributed by atoms with Crippen molar-refractivity contribution in [2.24, 2.45) is 0 Å². The molecule has 0 saturated carbocycles. The summed E-state index contributed by atoms with van der Waals surface area (Å²) < 4.78 is 7.32. The number of rotatable bonds is 7. The largest absolute Gasteiger partial charge is 0.309 e. The van der Waals surface area contributed by atoms with Crippen LogP contribution in [0.3, 0.4) is 0 Å². The lowest BCUT2D eigenvalue weighted by molar-refractivity contribution is 1.17. The van der Waals surface area contributed by atoms with Crippen molar-refractivity contribution < 1.29 is 0 Å². The molecule has 69 heavy (non-hydrogen) atoms. The first-order valence-electron chi connectivity index (χ1n) is 23.8. The summed E-state index contributed by atoms with van der Waals surface area (Å²) in [4.78, 5) is 0. The molecule has 0 aliphatic heterocycles. The Morgan fingerprint density at radius 3 is 1.10 bits per heavy atom. The topological polar surface area (TPSA) is 14.8 Å².